The van der Waals surface area contributed by atoms with E-state index < -0.39 is 5.97 Å². The van der Waals surface area contributed by atoms with Gasteiger partial charge in [-0.05, 0) is 6.42 Å². The number of rotatable bonds is 5. The lowest BCUT2D eigenvalue weighted by atomic mass is 10.3. The van der Waals surface area contributed by atoms with Crippen molar-refractivity contribution in [2.75, 3.05) is 11.9 Å². The van der Waals surface area contributed by atoms with Crippen LogP contribution in [0.5, 0.6) is 0 Å². The van der Waals surface area contributed by atoms with Crippen LogP contribution in [0.25, 0.3) is 11.0 Å². The molecule has 3 N–H and O–H groups in total. The van der Waals surface area contributed by atoms with Crippen molar-refractivity contribution >= 4 is 22.8 Å². The molecule has 0 amide bonds. The summed E-state index contributed by atoms with van der Waals surface area (Å²) in [7, 11) is 0. The SMILES string of the molecule is O=C(O)CCCNc1ncnc2[nH]ncc12. The van der Waals surface area contributed by atoms with E-state index in [0.717, 1.165) is 5.39 Å². The topological polar surface area (TPSA) is 104 Å². The minimum absolute atomic E-state index is 0.145. The second-order valence-corrected chi connectivity index (χ2v) is 3.28. The first-order valence-corrected chi connectivity index (χ1v) is 4.87. The van der Waals surface area contributed by atoms with Crippen molar-refractivity contribution in [2.24, 2.45) is 0 Å². The number of fused-ring (bicyclic) bond motifs is 1. The summed E-state index contributed by atoms with van der Waals surface area (Å²) < 4.78 is 0. The van der Waals surface area contributed by atoms with E-state index in [1.54, 1.807) is 6.20 Å². The van der Waals surface area contributed by atoms with Crippen LogP contribution in [-0.4, -0.2) is 37.8 Å². The minimum atomic E-state index is -0.794. The standard InChI is InChI=1S/C9H11N5O2/c15-7(16)2-1-3-10-8-6-4-13-14-9(6)12-5-11-8/h4-5H,1-3H2,(H,15,16)(H2,10,11,12,13,14). The molecule has 2 heterocycles. The number of aliphatic carboxylic acids is 1. The molecule has 2 rings (SSSR count). The molecule has 16 heavy (non-hydrogen) atoms. The molecule has 0 unspecified atom stereocenters. The summed E-state index contributed by atoms with van der Waals surface area (Å²) in [6.07, 6.45) is 3.76. The van der Waals surface area contributed by atoms with Crippen LogP contribution in [0.2, 0.25) is 0 Å². The Bertz CT molecular complexity index is 495. The van der Waals surface area contributed by atoms with Crippen molar-refractivity contribution in [3.05, 3.63) is 12.5 Å². The average molecular weight is 221 g/mol. The predicted molar refractivity (Wildman–Crippen MR) is 57.0 cm³/mol. The Morgan fingerprint density at radius 1 is 1.50 bits per heavy atom. The molecule has 0 fully saturated rings. The molecule has 0 aliphatic carbocycles. The monoisotopic (exact) mass is 221 g/mol. The van der Waals surface area contributed by atoms with Gasteiger partial charge in [-0.25, -0.2) is 9.97 Å². The van der Waals surface area contributed by atoms with E-state index in [1.165, 1.54) is 6.33 Å². The average Bonchev–Trinajstić information content (AvgIpc) is 2.72. The summed E-state index contributed by atoms with van der Waals surface area (Å²) in [5.74, 6) is -0.123. The molecule has 0 bridgehead atoms. The summed E-state index contributed by atoms with van der Waals surface area (Å²) in [6, 6.07) is 0. The van der Waals surface area contributed by atoms with E-state index in [-0.39, 0.29) is 6.42 Å². The molecule has 2 aromatic heterocycles. The summed E-state index contributed by atoms with van der Waals surface area (Å²) >= 11 is 0. The Labute approximate surface area is 90.9 Å². The largest absolute Gasteiger partial charge is 0.481 e. The van der Waals surface area contributed by atoms with Gasteiger partial charge in [-0.2, -0.15) is 5.10 Å². The normalized spacial score (nSPS) is 10.5. The first kappa shape index (κ1) is 10.3. The second-order valence-electron chi connectivity index (χ2n) is 3.28. The highest BCUT2D eigenvalue weighted by Crippen LogP contribution is 2.15. The fraction of sp³-hybridized carbons (Fsp3) is 0.333. The van der Waals surface area contributed by atoms with E-state index in [1.807, 2.05) is 0 Å². The molecule has 0 spiro atoms. The summed E-state index contributed by atoms with van der Waals surface area (Å²) in [5, 5.41) is 18.9. The van der Waals surface area contributed by atoms with Crippen LogP contribution in [0.4, 0.5) is 5.82 Å². The molecule has 0 aliphatic rings. The lowest BCUT2D eigenvalue weighted by molar-refractivity contribution is -0.137. The number of H-pyrrole nitrogens is 1. The summed E-state index contributed by atoms with van der Waals surface area (Å²) in [6.45, 7) is 0.559. The van der Waals surface area contributed by atoms with Gasteiger partial charge in [0, 0.05) is 13.0 Å². The van der Waals surface area contributed by atoms with Crippen molar-refractivity contribution in [1.29, 1.82) is 0 Å². The molecule has 84 valence electrons. The molecule has 0 radical (unpaired) electrons. The lowest BCUT2D eigenvalue weighted by Gasteiger charge is -2.04. The molecule has 0 atom stereocenters. The van der Waals surface area contributed by atoms with Gasteiger partial charge in [0.2, 0.25) is 0 Å². The molecule has 7 heteroatoms. The van der Waals surface area contributed by atoms with Gasteiger partial charge < -0.3 is 10.4 Å². The van der Waals surface area contributed by atoms with Crippen molar-refractivity contribution in [3.63, 3.8) is 0 Å². The number of aromatic nitrogens is 4. The Kier molecular flexibility index (Phi) is 2.95. The third-order valence-electron chi connectivity index (χ3n) is 2.11. The third kappa shape index (κ3) is 2.25. The van der Waals surface area contributed by atoms with Crippen LogP contribution in [0, 0.1) is 0 Å². The fourth-order valence-corrected chi connectivity index (χ4v) is 1.35. The van der Waals surface area contributed by atoms with Gasteiger partial charge in [-0.1, -0.05) is 0 Å². The number of anilines is 1. The van der Waals surface area contributed by atoms with E-state index in [0.29, 0.717) is 24.4 Å². The molecule has 0 saturated carbocycles. The smallest absolute Gasteiger partial charge is 0.303 e. The summed E-state index contributed by atoms with van der Waals surface area (Å²) in [4.78, 5) is 18.4. The maximum atomic E-state index is 10.3. The maximum absolute atomic E-state index is 10.3. The van der Waals surface area contributed by atoms with Crippen LogP contribution in [0.15, 0.2) is 12.5 Å². The Balaban J connectivity index is 1.98. The number of carbonyl (C=O) groups is 1. The van der Waals surface area contributed by atoms with Crippen LogP contribution in [-0.2, 0) is 4.79 Å². The number of nitrogens with one attached hydrogen (secondary N) is 2. The van der Waals surface area contributed by atoms with Gasteiger partial charge in [0.1, 0.15) is 12.1 Å². The third-order valence-corrected chi connectivity index (χ3v) is 2.11. The van der Waals surface area contributed by atoms with Gasteiger partial charge in [0.25, 0.3) is 0 Å². The second kappa shape index (κ2) is 4.56. The van der Waals surface area contributed by atoms with Crippen LogP contribution >= 0.6 is 0 Å². The number of carboxylic acid groups (broad SMARTS) is 1. The number of nitrogens with zero attached hydrogens (tertiary/aromatic N) is 3. The minimum Gasteiger partial charge on any atom is -0.481 e. The summed E-state index contributed by atoms with van der Waals surface area (Å²) in [5.41, 5.74) is 0.663. The number of hydrogen-bond donors (Lipinski definition) is 3. The first-order valence-electron chi connectivity index (χ1n) is 4.87. The van der Waals surface area contributed by atoms with Crippen LogP contribution in [0.1, 0.15) is 12.8 Å². The van der Waals surface area contributed by atoms with Gasteiger partial charge in [-0.3, -0.25) is 9.89 Å². The first-order chi connectivity index (χ1) is 7.77. The highest BCUT2D eigenvalue weighted by atomic mass is 16.4. The molecule has 0 saturated heterocycles. The maximum Gasteiger partial charge on any atom is 0.303 e. The predicted octanol–water partition coefficient (Wildman–Crippen LogP) is 0.630. The molecule has 0 aliphatic heterocycles. The van der Waals surface area contributed by atoms with Crippen molar-refractivity contribution < 1.29 is 9.90 Å². The fourth-order valence-electron chi connectivity index (χ4n) is 1.35. The number of hydrogen-bond acceptors (Lipinski definition) is 5. The number of aromatic amines is 1. The molecular formula is C9H11N5O2. The highest BCUT2D eigenvalue weighted by molar-refractivity contribution is 5.85. The molecule has 7 nitrogen and oxygen atoms in total. The van der Waals surface area contributed by atoms with Gasteiger partial charge >= 0.3 is 5.97 Å². The Morgan fingerprint density at radius 2 is 2.38 bits per heavy atom. The zero-order valence-electron chi connectivity index (χ0n) is 8.47. The van der Waals surface area contributed by atoms with Crippen molar-refractivity contribution in [2.45, 2.75) is 12.8 Å². The van der Waals surface area contributed by atoms with Gasteiger partial charge in [-0.15, -0.1) is 0 Å². The lowest BCUT2D eigenvalue weighted by Crippen LogP contribution is -2.06. The van der Waals surface area contributed by atoms with E-state index in [9.17, 15) is 4.79 Å². The highest BCUT2D eigenvalue weighted by Gasteiger charge is 2.04. The van der Waals surface area contributed by atoms with Crippen molar-refractivity contribution in [3.8, 4) is 0 Å². The van der Waals surface area contributed by atoms with Crippen LogP contribution in [0.3, 0.4) is 0 Å². The number of carboxylic acids is 1. The van der Waals surface area contributed by atoms with Gasteiger partial charge in [0.15, 0.2) is 5.65 Å². The zero-order valence-corrected chi connectivity index (χ0v) is 8.47. The van der Waals surface area contributed by atoms with E-state index >= 15 is 0 Å². The quantitative estimate of drug-likeness (QED) is 0.640. The van der Waals surface area contributed by atoms with E-state index in [4.69, 9.17) is 5.11 Å². The Hall–Kier alpha value is -2.18. The van der Waals surface area contributed by atoms with Crippen molar-refractivity contribution in [1.82, 2.24) is 20.2 Å². The molecular weight excluding hydrogens is 210 g/mol. The zero-order chi connectivity index (χ0) is 11.4. The van der Waals surface area contributed by atoms with Crippen LogP contribution < -0.4 is 5.32 Å². The molecule has 0 aromatic carbocycles. The Morgan fingerprint density at radius 3 is 3.19 bits per heavy atom. The van der Waals surface area contributed by atoms with Gasteiger partial charge in [0.05, 0.1) is 11.6 Å². The molecule has 2 aromatic rings. The van der Waals surface area contributed by atoms with E-state index in [2.05, 4.69) is 25.5 Å².